The number of rotatable bonds is 3. The third-order valence-electron chi connectivity index (χ3n) is 4.05. The highest BCUT2D eigenvalue weighted by Crippen LogP contribution is 2.32. The van der Waals surface area contributed by atoms with Crippen LogP contribution in [0, 0.1) is 20.8 Å². The van der Waals surface area contributed by atoms with Gasteiger partial charge >= 0.3 is 0 Å². The summed E-state index contributed by atoms with van der Waals surface area (Å²) in [7, 11) is 0. The summed E-state index contributed by atoms with van der Waals surface area (Å²) in [5, 5.41) is 5.02. The van der Waals surface area contributed by atoms with E-state index in [0.717, 1.165) is 27.5 Å². The Hall–Kier alpha value is -2.86. The Kier molecular flexibility index (Phi) is 3.69. The fraction of sp³-hybridized carbons (Fsp3) is 0.158. The molecule has 25 heavy (non-hydrogen) atoms. The van der Waals surface area contributed by atoms with Gasteiger partial charge in [0, 0.05) is 6.20 Å². The summed E-state index contributed by atoms with van der Waals surface area (Å²) in [6.07, 6.45) is 1.93. The lowest BCUT2D eigenvalue weighted by atomic mass is 10.2. The summed E-state index contributed by atoms with van der Waals surface area (Å²) in [5.74, 6) is 1.79. The lowest BCUT2D eigenvalue weighted by Gasteiger charge is -2.06. The number of hydrogen-bond donors (Lipinski definition) is 1. The van der Waals surface area contributed by atoms with Crippen LogP contribution in [-0.2, 0) is 0 Å². The molecule has 0 saturated carbocycles. The molecule has 0 unspecified atom stereocenters. The van der Waals surface area contributed by atoms with Gasteiger partial charge in [-0.25, -0.2) is 4.98 Å². The Morgan fingerprint density at radius 2 is 2.08 bits per heavy atom. The van der Waals surface area contributed by atoms with E-state index in [9.17, 15) is 4.79 Å². The number of anilines is 1. The van der Waals surface area contributed by atoms with Crippen LogP contribution in [0.15, 0.2) is 46.3 Å². The lowest BCUT2D eigenvalue weighted by Crippen LogP contribution is -2.14. The monoisotopic (exact) mass is 351 g/mol. The van der Waals surface area contributed by atoms with E-state index in [0.29, 0.717) is 17.1 Å². The lowest BCUT2D eigenvalue weighted by molar-refractivity contribution is 0.102. The van der Waals surface area contributed by atoms with E-state index in [4.69, 9.17) is 9.40 Å². The zero-order valence-corrected chi connectivity index (χ0v) is 15.0. The van der Waals surface area contributed by atoms with Crippen molar-refractivity contribution in [2.45, 2.75) is 20.8 Å². The molecule has 0 saturated heterocycles. The SMILES string of the molecule is Cc1ccn2c(NC(=O)c3cc(C)oc3C)c(-c3cccs3)nc2c1. The van der Waals surface area contributed by atoms with Crippen LogP contribution < -0.4 is 5.32 Å². The second kappa shape index (κ2) is 5.89. The maximum absolute atomic E-state index is 12.8. The van der Waals surface area contributed by atoms with E-state index in [2.05, 4.69) is 5.32 Å². The normalized spacial score (nSPS) is 11.2. The Labute approximate surface area is 148 Å². The van der Waals surface area contributed by atoms with Crippen LogP contribution in [0.3, 0.4) is 0 Å². The Bertz CT molecular complexity index is 1070. The minimum absolute atomic E-state index is 0.200. The van der Waals surface area contributed by atoms with Gasteiger partial charge in [0.05, 0.1) is 10.4 Å². The summed E-state index contributed by atoms with van der Waals surface area (Å²) in [5.41, 5.74) is 3.23. The van der Waals surface area contributed by atoms with Gasteiger partial charge in [-0.1, -0.05) is 6.07 Å². The Morgan fingerprint density at radius 3 is 2.76 bits per heavy atom. The molecule has 0 bridgehead atoms. The van der Waals surface area contributed by atoms with Crippen LogP contribution in [-0.4, -0.2) is 15.3 Å². The molecule has 0 aliphatic carbocycles. The van der Waals surface area contributed by atoms with E-state index >= 15 is 0 Å². The van der Waals surface area contributed by atoms with Crippen molar-refractivity contribution in [3.05, 3.63) is 64.6 Å². The first-order valence-corrected chi connectivity index (χ1v) is 8.82. The second-order valence-electron chi connectivity index (χ2n) is 6.00. The van der Waals surface area contributed by atoms with Crippen LogP contribution in [0.2, 0.25) is 0 Å². The van der Waals surface area contributed by atoms with E-state index < -0.39 is 0 Å². The van der Waals surface area contributed by atoms with Crippen molar-refractivity contribution in [2.24, 2.45) is 0 Å². The number of amides is 1. The van der Waals surface area contributed by atoms with Crippen molar-refractivity contribution >= 4 is 28.7 Å². The molecular formula is C19H17N3O2S. The first kappa shape index (κ1) is 15.7. The molecule has 0 radical (unpaired) electrons. The van der Waals surface area contributed by atoms with E-state index in [1.165, 1.54) is 0 Å². The number of fused-ring (bicyclic) bond motifs is 1. The molecule has 4 aromatic heterocycles. The average Bonchev–Trinajstić information content (AvgIpc) is 3.26. The first-order valence-electron chi connectivity index (χ1n) is 7.94. The van der Waals surface area contributed by atoms with Gasteiger partial charge < -0.3 is 9.73 Å². The maximum atomic E-state index is 12.8. The van der Waals surface area contributed by atoms with E-state index in [1.54, 1.807) is 24.3 Å². The molecule has 4 heterocycles. The van der Waals surface area contributed by atoms with Gasteiger partial charge in [0.1, 0.15) is 28.7 Å². The van der Waals surface area contributed by atoms with Crippen LogP contribution in [0.1, 0.15) is 27.4 Å². The summed E-state index contributed by atoms with van der Waals surface area (Å²) in [6.45, 7) is 5.65. The van der Waals surface area contributed by atoms with Gasteiger partial charge in [-0.05, 0) is 56.0 Å². The zero-order valence-electron chi connectivity index (χ0n) is 14.2. The highest BCUT2D eigenvalue weighted by Gasteiger charge is 2.20. The van der Waals surface area contributed by atoms with Crippen LogP contribution in [0.5, 0.6) is 0 Å². The fourth-order valence-electron chi connectivity index (χ4n) is 2.88. The molecule has 4 rings (SSSR count). The average molecular weight is 351 g/mol. The predicted octanol–water partition coefficient (Wildman–Crippen LogP) is 4.83. The molecule has 0 fully saturated rings. The van der Waals surface area contributed by atoms with Crippen molar-refractivity contribution in [3.63, 3.8) is 0 Å². The number of hydrogen-bond acceptors (Lipinski definition) is 4. The van der Waals surface area contributed by atoms with Gasteiger partial charge in [-0.15, -0.1) is 11.3 Å². The summed E-state index contributed by atoms with van der Waals surface area (Å²) < 4.78 is 7.38. The van der Waals surface area contributed by atoms with Gasteiger partial charge in [0.15, 0.2) is 0 Å². The molecule has 0 aliphatic heterocycles. The molecule has 4 aromatic rings. The number of nitrogens with zero attached hydrogens (tertiary/aromatic N) is 2. The minimum atomic E-state index is -0.200. The molecule has 0 aliphatic rings. The van der Waals surface area contributed by atoms with Gasteiger partial charge in [-0.3, -0.25) is 9.20 Å². The van der Waals surface area contributed by atoms with Gasteiger partial charge in [-0.2, -0.15) is 0 Å². The number of thiophene rings is 1. The molecule has 1 amide bonds. The molecule has 5 nitrogen and oxygen atoms in total. The summed E-state index contributed by atoms with van der Waals surface area (Å²) >= 11 is 1.59. The number of pyridine rings is 1. The summed E-state index contributed by atoms with van der Waals surface area (Å²) in [6, 6.07) is 9.73. The molecule has 1 N–H and O–H groups in total. The Morgan fingerprint density at radius 1 is 1.24 bits per heavy atom. The number of carbonyl (C=O) groups is 1. The standard InChI is InChI=1S/C19H17N3O2S/c1-11-6-7-22-16(9-11)20-17(15-5-4-8-25-15)18(22)21-19(23)14-10-12(2)24-13(14)3/h4-10H,1-3H3,(H,21,23). The molecule has 0 atom stereocenters. The molecule has 6 heteroatoms. The van der Waals surface area contributed by atoms with Crippen molar-refractivity contribution < 1.29 is 9.21 Å². The number of furan rings is 1. The van der Waals surface area contributed by atoms with Crippen molar-refractivity contribution in [3.8, 4) is 10.6 Å². The number of aryl methyl sites for hydroxylation is 3. The molecule has 0 spiro atoms. The van der Waals surface area contributed by atoms with Gasteiger partial charge in [0.2, 0.25) is 0 Å². The molecule has 126 valence electrons. The fourth-order valence-corrected chi connectivity index (χ4v) is 3.60. The first-order chi connectivity index (χ1) is 12.0. The van der Waals surface area contributed by atoms with Crippen molar-refractivity contribution in [2.75, 3.05) is 5.32 Å². The zero-order chi connectivity index (χ0) is 17.6. The number of imidazole rings is 1. The number of aromatic nitrogens is 2. The summed E-state index contributed by atoms with van der Waals surface area (Å²) in [4.78, 5) is 18.5. The second-order valence-corrected chi connectivity index (χ2v) is 6.95. The molecule has 0 aromatic carbocycles. The quantitative estimate of drug-likeness (QED) is 0.575. The maximum Gasteiger partial charge on any atom is 0.260 e. The van der Waals surface area contributed by atoms with E-state index in [1.807, 2.05) is 54.1 Å². The minimum Gasteiger partial charge on any atom is -0.466 e. The largest absolute Gasteiger partial charge is 0.466 e. The van der Waals surface area contributed by atoms with Crippen LogP contribution >= 0.6 is 11.3 Å². The topological polar surface area (TPSA) is 59.5 Å². The predicted molar refractivity (Wildman–Crippen MR) is 99.4 cm³/mol. The smallest absolute Gasteiger partial charge is 0.260 e. The highest BCUT2D eigenvalue weighted by atomic mass is 32.1. The third-order valence-corrected chi connectivity index (χ3v) is 4.93. The molecular weight excluding hydrogens is 334 g/mol. The van der Waals surface area contributed by atoms with Crippen molar-refractivity contribution in [1.29, 1.82) is 0 Å². The number of nitrogens with one attached hydrogen (secondary N) is 1. The van der Waals surface area contributed by atoms with Crippen LogP contribution in [0.25, 0.3) is 16.2 Å². The highest BCUT2D eigenvalue weighted by molar-refractivity contribution is 7.13. The Balaban J connectivity index is 1.83. The van der Waals surface area contributed by atoms with Crippen LogP contribution in [0.4, 0.5) is 5.82 Å². The third kappa shape index (κ3) is 2.74. The van der Waals surface area contributed by atoms with Gasteiger partial charge in [0.25, 0.3) is 5.91 Å². The van der Waals surface area contributed by atoms with E-state index in [-0.39, 0.29) is 5.91 Å². The van der Waals surface area contributed by atoms with Crippen molar-refractivity contribution in [1.82, 2.24) is 9.38 Å². The number of carbonyl (C=O) groups excluding carboxylic acids is 1.